The van der Waals surface area contributed by atoms with Gasteiger partial charge in [0.15, 0.2) is 0 Å². The fraction of sp³-hybridized carbons (Fsp3) is 0.308. The number of aromatic nitrogens is 2. The molecule has 3 heterocycles. The highest BCUT2D eigenvalue weighted by Gasteiger charge is 2.32. The van der Waals surface area contributed by atoms with E-state index in [1.165, 1.54) is 11.3 Å². The summed E-state index contributed by atoms with van der Waals surface area (Å²) in [6.45, 7) is 0.651. The summed E-state index contributed by atoms with van der Waals surface area (Å²) in [5.74, 6) is 0.0664. The van der Waals surface area contributed by atoms with Crippen LogP contribution in [0, 0.1) is 0 Å². The van der Waals surface area contributed by atoms with Crippen molar-refractivity contribution in [2.45, 2.75) is 12.5 Å². The van der Waals surface area contributed by atoms with Gasteiger partial charge >= 0.3 is 0 Å². The zero-order valence-corrected chi connectivity index (χ0v) is 11.4. The summed E-state index contributed by atoms with van der Waals surface area (Å²) in [6.07, 6.45) is 4.19. The lowest BCUT2D eigenvalue weighted by atomic mass is 10.2. The standard InChI is InChI=1S/C13H14N4OS/c1-14-11-12-10(16-8-19-12)4-7-17(13(11)18)9-2-5-15-6-3-9/h2-3,5-6,8,11,14H,4,7H2,1H3. The summed E-state index contributed by atoms with van der Waals surface area (Å²) in [6, 6.07) is 3.41. The predicted molar refractivity (Wildman–Crippen MR) is 74.2 cm³/mol. The second kappa shape index (κ2) is 5.07. The first-order chi connectivity index (χ1) is 9.31. The Balaban J connectivity index is 1.99. The van der Waals surface area contributed by atoms with E-state index >= 15 is 0 Å². The number of carbonyl (C=O) groups is 1. The number of pyridine rings is 1. The number of rotatable bonds is 2. The number of nitrogens with zero attached hydrogens (tertiary/aromatic N) is 3. The van der Waals surface area contributed by atoms with Crippen molar-refractivity contribution in [1.82, 2.24) is 15.3 Å². The van der Waals surface area contributed by atoms with Crippen molar-refractivity contribution in [3.05, 3.63) is 40.6 Å². The Bertz CT molecular complexity index is 583. The zero-order valence-electron chi connectivity index (χ0n) is 10.5. The van der Waals surface area contributed by atoms with Gasteiger partial charge in [0.1, 0.15) is 6.04 Å². The monoisotopic (exact) mass is 274 g/mol. The van der Waals surface area contributed by atoms with Gasteiger partial charge in [-0.05, 0) is 19.2 Å². The Morgan fingerprint density at radius 2 is 2.21 bits per heavy atom. The van der Waals surface area contributed by atoms with Gasteiger partial charge in [-0.25, -0.2) is 4.98 Å². The van der Waals surface area contributed by atoms with Crippen molar-refractivity contribution in [3.63, 3.8) is 0 Å². The van der Waals surface area contributed by atoms with Gasteiger partial charge in [0.25, 0.3) is 0 Å². The Labute approximate surface area is 115 Å². The van der Waals surface area contributed by atoms with Gasteiger partial charge < -0.3 is 10.2 Å². The van der Waals surface area contributed by atoms with Gasteiger partial charge in [-0.2, -0.15) is 0 Å². The lowest BCUT2D eigenvalue weighted by molar-refractivity contribution is -0.120. The molecule has 2 aromatic rings. The third-order valence-corrected chi connectivity index (χ3v) is 4.22. The van der Waals surface area contributed by atoms with Crippen LogP contribution in [-0.2, 0) is 11.2 Å². The van der Waals surface area contributed by atoms with Crippen LogP contribution >= 0.6 is 11.3 Å². The van der Waals surface area contributed by atoms with E-state index in [-0.39, 0.29) is 11.9 Å². The highest BCUT2D eigenvalue weighted by Crippen LogP contribution is 2.29. The first kappa shape index (κ1) is 12.3. The predicted octanol–water partition coefficient (Wildman–Crippen LogP) is 1.39. The van der Waals surface area contributed by atoms with Crippen molar-refractivity contribution < 1.29 is 4.79 Å². The van der Waals surface area contributed by atoms with Crippen molar-refractivity contribution in [2.24, 2.45) is 0 Å². The summed E-state index contributed by atoms with van der Waals surface area (Å²) in [7, 11) is 1.81. The SMILES string of the molecule is CNC1C(=O)N(c2ccncc2)CCc2ncsc21. The number of nitrogens with one attached hydrogen (secondary N) is 1. The molecule has 5 nitrogen and oxygen atoms in total. The van der Waals surface area contributed by atoms with Crippen molar-refractivity contribution >= 4 is 22.9 Å². The average Bonchev–Trinajstić information content (AvgIpc) is 2.85. The number of anilines is 1. The fourth-order valence-corrected chi connectivity index (χ4v) is 3.27. The van der Waals surface area contributed by atoms with Crippen molar-refractivity contribution in [2.75, 3.05) is 18.5 Å². The maximum atomic E-state index is 12.7. The van der Waals surface area contributed by atoms with E-state index in [4.69, 9.17) is 0 Å². The molecule has 1 aliphatic rings. The maximum Gasteiger partial charge on any atom is 0.249 e. The molecule has 1 aliphatic heterocycles. The maximum absolute atomic E-state index is 12.7. The minimum Gasteiger partial charge on any atom is -0.310 e. The molecule has 0 saturated heterocycles. The molecule has 0 bridgehead atoms. The van der Waals surface area contributed by atoms with Gasteiger partial charge in [-0.15, -0.1) is 11.3 Å². The van der Waals surface area contributed by atoms with Gasteiger partial charge in [0.05, 0.1) is 16.1 Å². The van der Waals surface area contributed by atoms with E-state index in [2.05, 4.69) is 15.3 Å². The minimum atomic E-state index is -0.307. The molecule has 0 saturated carbocycles. The van der Waals surface area contributed by atoms with Crippen LogP contribution in [-0.4, -0.2) is 29.5 Å². The number of hydrogen-bond donors (Lipinski definition) is 1. The van der Waals surface area contributed by atoms with Gasteiger partial charge in [-0.3, -0.25) is 9.78 Å². The number of likely N-dealkylation sites (N-methyl/N-ethyl adjacent to an activating group) is 1. The quantitative estimate of drug-likeness (QED) is 0.899. The van der Waals surface area contributed by atoms with E-state index < -0.39 is 0 Å². The molecule has 3 rings (SSSR count). The molecular weight excluding hydrogens is 260 g/mol. The van der Waals surface area contributed by atoms with Crippen LogP contribution in [0.1, 0.15) is 16.6 Å². The Morgan fingerprint density at radius 3 is 2.95 bits per heavy atom. The normalized spacial score (nSPS) is 19.1. The Kier molecular flexibility index (Phi) is 3.27. The molecular formula is C13H14N4OS. The second-order valence-corrected chi connectivity index (χ2v) is 5.22. The first-order valence-electron chi connectivity index (χ1n) is 6.12. The fourth-order valence-electron chi connectivity index (χ4n) is 2.33. The van der Waals surface area contributed by atoms with Gasteiger partial charge in [0.2, 0.25) is 5.91 Å². The minimum absolute atomic E-state index is 0.0664. The summed E-state index contributed by atoms with van der Waals surface area (Å²) < 4.78 is 0. The van der Waals surface area contributed by atoms with Crippen molar-refractivity contribution in [1.29, 1.82) is 0 Å². The van der Waals surface area contributed by atoms with E-state index in [1.807, 2.05) is 24.7 Å². The van der Waals surface area contributed by atoms with Crippen LogP contribution < -0.4 is 10.2 Å². The zero-order chi connectivity index (χ0) is 13.2. The molecule has 2 aromatic heterocycles. The highest BCUT2D eigenvalue weighted by molar-refractivity contribution is 7.10. The Hall–Kier alpha value is -1.79. The lowest BCUT2D eigenvalue weighted by Crippen LogP contribution is -2.39. The smallest absolute Gasteiger partial charge is 0.249 e. The third-order valence-electron chi connectivity index (χ3n) is 3.28. The van der Waals surface area contributed by atoms with Crippen LogP contribution in [0.4, 0.5) is 5.69 Å². The molecule has 1 N–H and O–H groups in total. The molecule has 1 unspecified atom stereocenters. The summed E-state index contributed by atoms with van der Waals surface area (Å²) in [4.78, 5) is 23.9. The molecule has 0 aliphatic carbocycles. The molecule has 0 fully saturated rings. The largest absolute Gasteiger partial charge is 0.310 e. The molecule has 19 heavy (non-hydrogen) atoms. The topological polar surface area (TPSA) is 58.1 Å². The Morgan fingerprint density at radius 1 is 1.42 bits per heavy atom. The number of thiazole rings is 1. The number of fused-ring (bicyclic) bond motifs is 1. The van der Waals surface area contributed by atoms with Gasteiger partial charge in [0, 0.05) is 31.0 Å². The van der Waals surface area contributed by atoms with E-state index in [9.17, 15) is 4.79 Å². The number of carbonyl (C=O) groups excluding carboxylic acids is 1. The molecule has 1 atom stereocenters. The molecule has 0 spiro atoms. The summed E-state index contributed by atoms with van der Waals surface area (Å²) in [5.41, 5.74) is 3.72. The van der Waals surface area contributed by atoms with E-state index in [0.717, 1.165) is 22.7 Å². The molecule has 0 aromatic carbocycles. The first-order valence-corrected chi connectivity index (χ1v) is 7.00. The van der Waals surface area contributed by atoms with Crippen LogP contribution in [0.2, 0.25) is 0 Å². The number of hydrogen-bond acceptors (Lipinski definition) is 5. The third kappa shape index (κ3) is 2.13. The second-order valence-electron chi connectivity index (χ2n) is 4.33. The lowest BCUT2D eigenvalue weighted by Gasteiger charge is -2.24. The average molecular weight is 274 g/mol. The van der Waals surface area contributed by atoms with Crippen molar-refractivity contribution in [3.8, 4) is 0 Å². The summed E-state index contributed by atoms with van der Waals surface area (Å²) >= 11 is 1.54. The van der Waals surface area contributed by atoms with Crippen LogP contribution in [0.3, 0.4) is 0 Å². The van der Waals surface area contributed by atoms with E-state index in [1.54, 1.807) is 17.3 Å². The van der Waals surface area contributed by atoms with E-state index in [0.29, 0.717) is 6.54 Å². The highest BCUT2D eigenvalue weighted by atomic mass is 32.1. The molecule has 6 heteroatoms. The summed E-state index contributed by atoms with van der Waals surface area (Å²) in [5, 5.41) is 3.10. The molecule has 1 amide bonds. The van der Waals surface area contributed by atoms with Crippen LogP contribution in [0.5, 0.6) is 0 Å². The molecule has 0 radical (unpaired) electrons. The number of amides is 1. The van der Waals surface area contributed by atoms with Crippen LogP contribution in [0.15, 0.2) is 30.0 Å². The molecule has 98 valence electrons. The van der Waals surface area contributed by atoms with Crippen LogP contribution in [0.25, 0.3) is 0 Å². The van der Waals surface area contributed by atoms with Gasteiger partial charge in [-0.1, -0.05) is 0 Å².